The first-order valence-corrected chi connectivity index (χ1v) is 3.92. The number of nitrogens with zero attached hydrogens (tertiary/aromatic N) is 1. The SMILES string of the molecule is C=C1NN=C(Br)C(Cl)=C1Cl. The molecule has 1 aliphatic heterocycles. The number of halogens is 3. The van der Waals surface area contributed by atoms with Crippen LogP contribution in [0.1, 0.15) is 0 Å². The van der Waals surface area contributed by atoms with Crippen LogP contribution in [0.4, 0.5) is 0 Å². The number of rotatable bonds is 0. The molecule has 0 aromatic carbocycles. The second kappa shape index (κ2) is 2.95. The van der Waals surface area contributed by atoms with Gasteiger partial charge in [-0.25, -0.2) is 0 Å². The van der Waals surface area contributed by atoms with Gasteiger partial charge in [-0.05, 0) is 15.9 Å². The van der Waals surface area contributed by atoms with Crippen molar-refractivity contribution in [1.82, 2.24) is 5.43 Å². The summed E-state index contributed by atoms with van der Waals surface area (Å²) in [4.78, 5) is 0. The van der Waals surface area contributed by atoms with Gasteiger partial charge < -0.3 is 0 Å². The lowest BCUT2D eigenvalue weighted by atomic mass is 10.4. The van der Waals surface area contributed by atoms with Crippen LogP contribution in [0.5, 0.6) is 0 Å². The number of nitrogens with one attached hydrogen (secondary N) is 1. The fraction of sp³-hybridized carbons (Fsp3) is 0. The van der Waals surface area contributed by atoms with Gasteiger partial charge in [-0.2, -0.15) is 5.10 Å². The normalized spacial score (nSPS) is 18.7. The minimum atomic E-state index is 0.380. The van der Waals surface area contributed by atoms with Crippen molar-refractivity contribution in [2.45, 2.75) is 0 Å². The lowest BCUT2D eigenvalue weighted by Crippen LogP contribution is -2.13. The van der Waals surface area contributed by atoms with E-state index in [2.05, 4.69) is 33.0 Å². The van der Waals surface area contributed by atoms with Gasteiger partial charge in [-0.3, -0.25) is 5.43 Å². The van der Waals surface area contributed by atoms with Crippen molar-refractivity contribution in [3.05, 3.63) is 22.3 Å². The Bertz CT molecular complexity index is 240. The summed E-state index contributed by atoms with van der Waals surface area (Å²) < 4.78 is 0.492. The van der Waals surface area contributed by atoms with Gasteiger partial charge in [0, 0.05) is 0 Å². The molecule has 1 heterocycles. The second-order valence-electron chi connectivity index (χ2n) is 1.62. The molecule has 0 bridgehead atoms. The largest absolute Gasteiger partial charge is 0.276 e. The Morgan fingerprint density at radius 1 is 1.40 bits per heavy atom. The summed E-state index contributed by atoms with van der Waals surface area (Å²) in [7, 11) is 0. The molecule has 0 saturated carbocycles. The molecule has 0 saturated heterocycles. The maximum atomic E-state index is 5.69. The molecular formula is C5H3BrCl2N2. The number of hydrogen-bond donors (Lipinski definition) is 1. The molecule has 1 aliphatic rings. The number of hydrazone groups is 1. The molecule has 0 fully saturated rings. The lowest BCUT2D eigenvalue weighted by Gasteiger charge is -2.11. The maximum absolute atomic E-state index is 5.69. The molecule has 5 heteroatoms. The molecule has 54 valence electrons. The molecule has 1 N–H and O–H groups in total. The Kier molecular flexibility index (Phi) is 2.39. The zero-order valence-corrected chi connectivity index (χ0v) is 7.89. The summed E-state index contributed by atoms with van der Waals surface area (Å²) in [5, 5.41) is 4.52. The summed E-state index contributed by atoms with van der Waals surface area (Å²) in [6.45, 7) is 3.57. The zero-order valence-electron chi connectivity index (χ0n) is 4.79. The van der Waals surface area contributed by atoms with Crippen LogP contribution < -0.4 is 5.43 Å². The van der Waals surface area contributed by atoms with E-state index < -0.39 is 0 Å². The quantitative estimate of drug-likeness (QED) is 0.693. The highest BCUT2D eigenvalue weighted by Crippen LogP contribution is 2.25. The van der Waals surface area contributed by atoms with Crippen molar-refractivity contribution in [3.8, 4) is 0 Å². The second-order valence-corrected chi connectivity index (χ2v) is 3.13. The van der Waals surface area contributed by atoms with E-state index in [4.69, 9.17) is 23.2 Å². The predicted molar refractivity (Wildman–Crippen MR) is 47.4 cm³/mol. The van der Waals surface area contributed by atoms with Gasteiger partial charge in [-0.1, -0.05) is 29.8 Å². The molecule has 10 heavy (non-hydrogen) atoms. The summed E-state index contributed by atoms with van der Waals surface area (Å²) in [5.74, 6) is 0. The Morgan fingerprint density at radius 2 is 2.00 bits per heavy atom. The zero-order chi connectivity index (χ0) is 7.72. The van der Waals surface area contributed by atoms with Crippen LogP contribution in [0.3, 0.4) is 0 Å². The highest BCUT2D eigenvalue weighted by atomic mass is 79.9. The predicted octanol–water partition coefficient (Wildman–Crippen LogP) is 2.50. The molecule has 0 unspecified atom stereocenters. The molecular weight excluding hydrogens is 239 g/mol. The molecule has 0 amide bonds. The number of allylic oxidation sites excluding steroid dienone is 2. The van der Waals surface area contributed by atoms with E-state index in [1.165, 1.54) is 0 Å². The van der Waals surface area contributed by atoms with Gasteiger partial charge in [0.15, 0.2) is 0 Å². The van der Waals surface area contributed by atoms with Crippen LogP contribution in [0.2, 0.25) is 0 Å². The minimum absolute atomic E-state index is 0.380. The molecule has 0 radical (unpaired) electrons. The van der Waals surface area contributed by atoms with Crippen LogP contribution in [0.15, 0.2) is 27.4 Å². The van der Waals surface area contributed by atoms with E-state index >= 15 is 0 Å². The number of hydrogen-bond acceptors (Lipinski definition) is 2. The first-order valence-electron chi connectivity index (χ1n) is 2.37. The molecule has 0 aliphatic carbocycles. The average Bonchev–Trinajstić information content (AvgIpc) is 1.93. The van der Waals surface area contributed by atoms with Crippen molar-refractivity contribution in [3.63, 3.8) is 0 Å². The highest BCUT2D eigenvalue weighted by Gasteiger charge is 2.14. The minimum Gasteiger partial charge on any atom is -0.276 e. The summed E-state index contributed by atoms with van der Waals surface area (Å²) in [6, 6.07) is 0. The molecule has 0 aromatic heterocycles. The first kappa shape index (κ1) is 8.11. The summed E-state index contributed by atoms with van der Waals surface area (Å²) in [5.41, 5.74) is 3.09. The van der Waals surface area contributed by atoms with Gasteiger partial charge in [0.05, 0.1) is 15.8 Å². The summed E-state index contributed by atoms with van der Waals surface area (Å²) >= 11 is 14.5. The van der Waals surface area contributed by atoms with Crippen molar-refractivity contribution in [2.24, 2.45) is 5.10 Å². The van der Waals surface area contributed by atoms with Gasteiger partial charge in [0.1, 0.15) is 4.62 Å². The van der Waals surface area contributed by atoms with Crippen LogP contribution >= 0.6 is 39.1 Å². The third-order valence-electron chi connectivity index (χ3n) is 0.928. The Hall–Kier alpha value is 0.01000. The van der Waals surface area contributed by atoms with Gasteiger partial charge in [0.2, 0.25) is 0 Å². The van der Waals surface area contributed by atoms with E-state index in [1.54, 1.807) is 0 Å². The van der Waals surface area contributed by atoms with E-state index in [9.17, 15) is 0 Å². The molecule has 2 nitrogen and oxygen atoms in total. The Balaban J connectivity index is 3.06. The Morgan fingerprint density at radius 3 is 2.50 bits per heavy atom. The summed E-state index contributed by atoms with van der Waals surface area (Å²) in [6.07, 6.45) is 0. The fourth-order valence-corrected chi connectivity index (χ4v) is 1.13. The van der Waals surface area contributed by atoms with Crippen molar-refractivity contribution in [2.75, 3.05) is 0 Å². The van der Waals surface area contributed by atoms with Gasteiger partial charge >= 0.3 is 0 Å². The first-order chi connectivity index (χ1) is 4.63. The third kappa shape index (κ3) is 1.36. The topological polar surface area (TPSA) is 24.4 Å². The monoisotopic (exact) mass is 240 g/mol. The molecule has 0 spiro atoms. The van der Waals surface area contributed by atoms with Crippen molar-refractivity contribution < 1.29 is 0 Å². The fourth-order valence-electron chi connectivity index (χ4n) is 0.438. The van der Waals surface area contributed by atoms with Crippen molar-refractivity contribution >= 4 is 43.8 Å². The molecule has 0 aromatic rings. The van der Waals surface area contributed by atoms with Gasteiger partial charge in [0.25, 0.3) is 0 Å². The average molecular weight is 242 g/mol. The van der Waals surface area contributed by atoms with Crippen LogP contribution in [0.25, 0.3) is 0 Å². The van der Waals surface area contributed by atoms with E-state index in [1.807, 2.05) is 0 Å². The van der Waals surface area contributed by atoms with E-state index in [0.717, 1.165) is 0 Å². The Labute approximate surface area is 76.7 Å². The van der Waals surface area contributed by atoms with E-state index in [0.29, 0.717) is 20.4 Å². The standard InChI is InChI=1S/C5H3BrCl2N2/c1-2-3(7)4(8)5(6)10-9-2/h9H,1H2. The van der Waals surface area contributed by atoms with Crippen LogP contribution in [-0.2, 0) is 0 Å². The van der Waals surface area contributed by atoms with E-state index in [-0.39, 0.29) is 0 Å². The van der Waals surface area contributed by atoms with Crippen LogP contribution in [-0.4, -0.2) is 4.62 Å². The smallest absolute Gasteiger partial charge is 0.146 e. The maximum Gasteiger partial charge on any atom is 0.146 e. The van der Waals surface area contributed by atoms with Gasteiger partial charge in [-0.15, -0.1) is 0 Å². The molecule has 1 rings (SSSR count). The highest BCUT2D eigenvalue weighted by molar-refractivity contribution is 9.18. The molecule has 0 atom stereocenters. The van der Waals surface area contributed by atoms with Crippen LogP contribution in [0, 0.1) is 0 Å². The third-order valence-corrected chi connectivity index (χ3v) is 2.61. The lowest BCUT2D eigenvalue weighted by molar-refractivity contribution is 0.912. The van der Waals surface area contributed by atoms with Crippen molar-refractivity contribution in [1.29, 1.82) is 0 Å².